The summed E-state index contributed by atoms with van der Waals surface area (Å²) in [4.78, 5) is 18.1. The maximum Gasteiger partial charge on any atom is 0.253 e. The fourth-order valence-electron chi connectivity index (χ4n) is 6.69. The molecule has 224 valence electrons. The van der Waals surface area contributed by atoms with Crippen LogP contribution in [0.4, 0.5) is 8.78 Å². The van der Waals surface area contributed by atoms with E-state index in [1.807, 2.05) is 24.3 Å². The highest BCUT2D eigenvalue weighted by atomic mass is 32.2. The predicted molar refractivity (Wildman–Crippen MR) is 162 cm³/mol. The molecule has 0 bridgehead atoms. The van der Waals surface area contributed by atoms with Gasteiger partial charge in [-0.2, -0.15) is 0 Å². The standard InChI is InChI=1S/C34H40F2N2O3S/c1-37(34(39)30-12-7-9-24-8-3-4-10-28(24)30)23-27(26-14-15-31(35)32(36)22-26)18-21-38-19-16-25(17-20-38)29-11-5-6-13-33(29)42(2,40)41/h5-7,9,11-15,22,25,27H,3-4,8,10,16-21,23H2,1-2H3. The number of nitrogens with zero attached hydrogens (tertiary/aromatic N) is 2. The lowest BCUT2D eigenvalue weighted by atomic mass is 9.87. The van der Waals surface area contributed by atoms with Crippen molar-refractivity contribution >= 4 is 15.7 Å². The number of amides is 1. The Balaban J connectivity index is 1.27. The molecule has 0 aromatic heterocycles. The van der Waals surface area contributed by atoms with Gasteiger partial charge in [-0.15, -0.1) is 0 Å². The van der Waals surface area contributed by atoms with Gasteiger partial charge in [-0.05, 0) is 117 Å². The van der Waals surface area contributed by atoms with Gasteiger partial charge in [0.05, 0.1) is 4.90 Å². The highest BCUT2D eigenvalue weighted by Crippen LogP contribution is 2.33. The molecule has 5 nitrogen and oxygen atoms in total. The number of carbonyl (C=O) groups is 1. The van der Waals surface area contributed by atoms with Crippen molar-refractivity contribution in [3.05, 3.63) is 100 Å². The van der Waals surface area contributed by atoms with E-state index in [4.69, 9.17) is 0 Å². The van der Waals surface area contributed by atoms with Crippen molar-refractivity contribution in [3.8, 4) is 0 Å². The summed E-state index contributed by atoms with van der Waals surface area (Å²) >= 11 is 0. The van der Waals surface area contributed by atoms with Crippen LogP contribution >= 0.6 is 0 Å². The van der Waals surface area contributed by atoms with E-state index in [0.29, 0.717) is 23.4 Å². The number of hydrogen-bond acceptors (Lipinski definition) is 4. The Bertz CT molecular complexity index is 1530. The van der Waals surface area contributed by atoms with E-state index < -0.39 is 21.5 Å². The van der Waals surface area contributed by atoms with Crippen molar-refractivity contribution in [1.82, 2.24) is 9.80 Å². The van der Waals surface area contributed by atoms with Gasteiger partial charge in [-0.1, -0.05) is 36.4 Å². The van der Waals surface area contributed by atoms with Crippen molar-refractivity contribution in [3.63, 3.8) is 0 Å². The van der Waals surface area contributed by atoms with Crippen LogP contribution in [-0.2, 0) is 22.7 Å². The zero-order valence-corrected chi connectivity index (χ0v) is 25.3. The fraction of sp³-hybridized carbons (Fsp3) is 0.441. The minimum absolute atomic E-state index is 0.0355. The van der Waals surface area contributed by atoms with Gasteiger partial charge in [0.15, 0.2) is 21.5 Å². The number of rotatable bonds is 9. The van der Waals surface area contributed by atoms with Gasteiger partial charge in [-0.25, -0.2) is 17.2 Å². The second-order valence-electron chi connectivity index (χ2n) is 11.9. The van der Waals surface area contributed by atoms with Crippen LogP contribution < -0.4 is 0 Å². The van der Waals surface area contributed by atoms with E-state index in [1.54, 1.807) is 30.1 Å². The number of aryl methyl sites for hydroxylation is 1. The number of hydrogen-bond donors (Lipinski definition) is 0. The number of sulfone groups is 1. The molecule has 1 aliphatic carbocycles. The van der Waals surface area contributed by atoms with Crippen LogP contribution in [0.1, 0.15) is 76.6 Å². The van der Waals surface area contributed by atoms with Gasteiger partial charge in [0.25, 0.3) is 5.91 Å². The minimum Gasteiger partial charge on any atom is -0.341 e. The molecule has 42 heavy (non-hydrogen) atoms. The van der Waals surface area contributed by atoms with Crippen LogP contribution in [0.25, 0.3) is 0 Å². The Hall–Kier alpha value is -3.10. The van der Waals surface area contributed by atoms with E-state index >= 15 is 0 Å². The number of likely N-dealkylation sites (N-methyl/N-ethyl adjacent to an activating group) is 1. The summed E-state index contributed by atoms with van der Waals surface area (Å²) in [5, 5.41) is 0. The van der Waals surface area contributed by atoms with Gasteiger partial charge in [0.2, 0.25) is 0 Å². The first-order valence-corrected chi connectivity index (χ1v) is 16.8. The third-order valence-electron chi connectivity index (χ3n) is 9.02. The van der Waals surface area contributed by atoms with Crippen LogP contribution in [0.5, 0.6) is 0 Å². The van der Waals surface area contributed by atoms with Crippen LogP contribution in [0.15, 0.2) is 65.6 Å². The molecule has 1 atom stereocenters. The third-order valence-corrected chi connectivity index (χ3v) is 10.2. The smallest absolute Gasteiger partial charge is 0.253 e. The first kappa shape index (κ1) is 30.4. The van der Waals surface area contributed by atoms with Crippen LogP contribution in [0, 0.1) is 11.6 Å². The Labute approximate surface area is 248 Å². The molecular weight excluding hydrogens is 554 g/mol. The molecule has 1 aliphatic heterocycles. The second kappa shape index (κ2) is 13.0. The number of piperidine rings is 1. The summed E-state index contributed by atoms with van der Waals surface area (Å²) in [5.74, 6) is -1.79. The molecule has 1 heterocycles. The molecule has 0 radical (unpaired) electrons. The van der Waals surface area contributed by atoms with Gasteiger partial charge < -0.3 is 9.80 Å². The number of carbonyl (C=O) groups excluding carboxylic acids is 1. The van der Waals surface area contributed by atoms with Gasteiger partial charge in [-0.3, -0.25) is 4.79 Å². The normalized spacial score (nSPS) is 17.0. The number of likely N-dealkylation sites (tertiary alicyclic amines) is 1. The van der Waals surface area contributed by atoms with Crippen molar-refractivity contribution in [1.29, 1.82) is 0 Å². The maximum absolute atomic E-state index is 14.3. The molecule has 1 unspecified atom stereocenters. The largest absolute Gasteiger partial charge is 0.341 e. The van der Waals surface area contributed by atoms with E-state index in [-0.39, 0.29) is 17.7 Å². The van der Waals surface area contributed by atoms with Crippen molar-refractivity contribution < 1.29 is 22.0 Å². The summed E-state index contributed by atoms with van der Waals surface area (Å²) in [6.45, 7) is 2.77. The molecule has 0 N–H and O–H groups in total. The number of halogens is 2. The average Bonchev–Trinajstić information content (AvgIpc) is 2.99. The Kier molecular flexibility index (Phi) is 9.43. The number of benzene rings is 3. The van der Waals surface area contributed by atoms with Gasteiger partial charge in [0.1, 0.15) is 0 Å². The van der Waals surface area contributed by atoms with Crippen molar-refractivity contribution in [2.45, 2.75) is 61.7 Å². The van der Waals surface area contributed by atoms with Crippen LogP contribution in [0.3, 0.4) is 0 Å². The quantitative estimate of drug-likeness (QED) is 0.289. The molecular formula is C34H40F2N2O3S. The lowest BCUT2D eigenvalue weighted by molar-refractivity contribution is 0.0780. The van der Waals surface area contributed by atoms with Gasteiger partial charge in [0, 0.05) is 31.3 Å². The Morgan fingerprint density at radius 1 is 0.976 bits per heavy atom. The lowest BCUT2D eigenvalue weighted by Crippen LogP contribution is -2.36. The predicted octanol–water partition coefficient (Wildman–Crippen LogP) is 6.37. The molecule has 2 aliphatic rings. The van der Waals surface area contributed by atoms with E-state index in [9.17, 15) is 22.0 Å². The minimum atomic E-state index is -3.30. The SMILES string of the molecule is CN(CC(CCN1CCC(c2ccccc2S(C)(=O)=O)CC1)c1ccc(F)c(F)c1)C(=O)c1cccc2c1CCCC2. The topological polar surface area (TPSA) is 57.7 Å². The van der Waals surface area contributed by atoms with Gasteiger partial charge >= 0.3 is 0 Å². The molecule has 1 fully saturated rings. The molecule has 0 saturated carbocycles. The molecule has 3 aromatic carbocycles. The van der Waals surface area contributed by atoms with E-state index in [1.165, 1.54) is 17.9 Å². The summed E-state index contributed by atoms with van der Waals surface area (Å²) in [6, 6.07) is 17.3. The monoisotopic (exact) mass is 594 g/mol. The molecule has 0 spiro atoms. The van der Waals surface area contributed by atoms with E-state index in [2.05, 4.69) is 11.0 Å². The summed E-state index contributed by atoms with van der Waals surface area (Å²) in [6.07, 6.45) is 7.75. The molecule has 5 rings (SSSR count). The second-order valence-corrected chi connectivity index (χ2v) is 13.9. The first-order valence-electron chi connectivity index (χ1n) is 14.9. The molecule has 3 aromatic rings. The van der Waals surface area contributed by atoms with E-state index in [0.717, 1.165) is 80.9 Å². The maximum atomic E-state index is 14.3. The summed E-state index contributed by atoms with van der Waals surface area (Å²) < 4.78 is 52.8. The Morgan fingerprint density at radius 3 is 2.45 bits per heavy atom. The summed E-state index contributed by atoms with van der Waals surface area (Å²) in [5.41, 5.74) is 4.71. The van der Waals surface area contributed by atoms with Crippen molar-refractivity contribution in [2.24, 2.45) is 0 Å². The molecule has 1 saturated heterocycles. The highest BCUT2D eigenvalue weighted by Gasteiger charge is 2.27. The summed E-state index contributed by atoms with van der Waals surface area (Å²) in [7, 11) is -1.51. The Morgan fingerprint density at radius 2 is 1.71 bits per heavy atom. The third kappa shape index (κ3) is 6.92. The highest BCUT2D eigenvalue weighted by molar-refractivity contribution is 7.90. The first-order chi connectivity index (χ1) is 20.1. The van der Waals surface area contributed by atoms with Crippen molar-refractivity contribution in [2.75, 3.05) is 39.5 Å². The van der Waals surface area contributed by atoms with Crippen LogP contribution in [0.2, 0.25) is 0 Å². The zero-order chi connectivity index (χ0) is 29.9. The molecule has 1 amide bonds. The lowest BCUT2D eigenvalue weighted by Gasteiger charge is -2.34. The zero-order valence-electron chi connectivity index (χ0n) is 24.5. The average molecular weight is 595 g/mol. The number of fused-ring (bicyclic) bond motifs is 1. The van der Waals surface area contributed by atoms with Crippen LogP contribution in [-0.4, -0.2) is 63.6 Å². The fourth-order valence-corrected chi connectivity index (χ4v) is 7.68. The molecule has 8 heteroatoms.